The molecule has 1 aliphatic rings. The van der Waals surface area contributed by atoms with Gasteiger partial charge in [-0.05, 0) is 36.5 Å². The number of aromatic amines is 1. The molecule has 1 N–H and O–H groups in total. The van der Waals surface area contributed by atoms with Gasteiger partial charge in [-0.3, -0.25) is 14.2 Å². The lowest BCUT2D eigenvalue weighted by atomic mass is 10.2. The standard InChI is InChI=1S/C21H22N4O2S/c26-19(24-14-12-23(13-15-24)16-6-2-1-3-7-16)10-11-25-20(27)17-8-4-5-9-18(17)22-21(25)28/h1-9H,10-15H2,(H,22,28). The van der Waals surface area contributed by atoms with Gasteiger partial charge in [0.2, 0.25) is 5.91 Å². The molecule has 0 unspecified atom stereocenters. The second kappa shape index (κ2) is 7.98. The first-order chi connectivity index (χ1) is 13.6. The molecule has 2 aromatic carbocycles. The summed E-state index contributed by atoms with van der Waals surface area (Å²) < 4.78 is 1.83. The molecule has 28 heavy (non-hydrogen) atoms. The number of nitrogens with one attached hydrogen (secondary N) is 1. The molecule has 1 aromatic heterocycles. The van der Waals surface area contributed by atoms with Crippen LogP contribution in [0.15, 0.2) is 59.4 Å². The summed E-state index contributed by atoms with van der Waals surface area (Å²) in [7, 11) is 0. The van der Waals surface area contributed by atoms with Crippen LogP contribution in [0.4, 0.5) is 5.69 Å². The number of anilines is 1. The first-order valence-corrected chi connectivity index (χ1v) is 9.84. The van der Waals surface area contributed by atoms with Gasteiger partial charge < -0.3 is 14.8 Å². The number of piperazine rings is 1. The fourth-order valence-corrected chi connectivity index (χ4v) is 3.90. The molecule has 6 nitrogen and oxygen atoms in total. The van der Waals surface area contributed by atoms with Crippen molar-refractivity contribution >= 4 is 34.7 Å². The Kier molecular flexibility index (Phi) is 5.25. The summed E-state index contributed by atoms with van der Waals surface area (Å²) in [6.45, 7) is 3.29. The zero-order valence-corrected chi connectivity index (χ0v) is 16.3. The SMILES string of the molecule is O=C(CCn1c(=S)[nH]c2ccccc2c1=O)N1CCN(c2ccccc2)CC1. The van der Waals surface area contributed by atoms with Crippen molar-refractivity contribution in [1.29, 1.82) is 0 Å². The number of hydrogen-bond donors (Lipinski definition) is 1. The topological polar surface area (TPSA) is 61.3 Å². The van der Waals surface area contributed by atoms with E-state index in [1.807, 2.05) is 41.3 Å². The Hall–Kier alpha value is -2.93. The van der Waals surface area contributed by atoms with Crippen LogP contribution in [0.3, 0.4) is 0 Å². The number of carbonyl (C=O) groups is 1. The van der Waals surface area contributed by atoms with Gasteiger partial charge >= 0.3 is 0 Å². The first kappa shape index (κ1) is 18.4. The second-order valence-electron chi connectivity index (χ2n) is 6.89. The van der Waals surface area contributed by atoms with Gasteiger partial charge in [0, 0.05) is 44.8 Å². The fraction of sp³-hybridized carbons (Fsp3) is 0.286. The summed E-state index contributed by atoms with van der Waals surface area (Å²) in [4.78, 5) is 32.6. The minimum atomic E-state index is -0.152. The molecule has 7 heteroatoms. The van der Waals surface area contributed by atoms with Crippen LogP contribution in [0, 0.1) is 4.77 Å². The van der Waals surface area contributed by atoms with Gasteiger partial charge in [0.05, 0.1) is 10.9 Å². The number of nitrogens with zero attached hydrogens (tertiary/aromatic N) is 3. The van der Waals surface area contributed by atoms with Crippen molar-refractivity contribution < 1.29 is 4.79 Å². The maximum Gasteiger partial charge on any atom is 0.262 e. The Morgan fingerprint density at radius 1 is 0.964 bits per heavy atom. The molecular formula is C21H22N4O2S. The highest BCUT2D eigenvalue weighted by Crippen LogP contribution is 2.16. The van der Waals surface area contributed by atoms with Crippen molar-refractivity contribution in [3.63, 3.8) is 0 Å². The van der Waals surface area contributed by atoms with Crippen LogP contribution in [0.2, 0.25) is 0 Å². The predicted octanol–water partition coefficient (Wildman–Crippen LogP) is 2.80. The lowest BCUT2D eigenvalue weighted by Crippen LogP contribution is -2.49. The third kappa shape index (κ3) is 3.71. The molecule has 1 aliphatic heterocycles. The molecule has 0 aliphatic carbocycles. The van der Waals surface area contributed by atoms with Crippen molar-refractivity contribution in [2.45, 2.75) is 13.0 Å². The van der Waals surface area contributed by atoms with E-state index in [0.29, 0.717) is 23.2 Å². The summed E-state index contributed by atoms with van der Waals surface area (Å²) in [5.41, 5.74) is 1.75. The monoisotopic (exact) mass is 394 g/mol. The Morgan fingerprint density at radius 2 is 1.64 bits per heavy atom. The van der Waals surface area contributed by atoms with Gasteiger partial charge in [0.15, 0.2) is 4.77 Å². The summed E-state index contributed by atoms with van der Waals surface area (Å²) >= 11 is 5.32. The zero-order chi connectivity index (χ0) is 19.5. The summed E-state index contributed by atoms with van der Waals surface area (Å²) in [5.74, 6) is 0.0576. The third-order valence-electron chi connectivity index (χ3n) is 5.19. The van der Waals surface area contributed by atoms with Crippen LogP contribution in [0.5, 0.6) is 0 Å². The number of aromatic nitrogens is 2. The summed E-state index contributed by atoms with van der Waals surface area (Å²) in [6, 6.07) is 17.5. The van der Waals surface area contributed by atoms with Crippen LogP contribution in [0.25, 0.3) is 10.9 Å². The fourth-order valence-electron chi connectivity index (χ4n) is 3.62. The highest BCUT2D eigenvalue weighted by molar-refractivity contribution is 7.71. The second-order valence-corrected chi connectivity index (χ2v) is 7.27. The number of para-hydroxylation sites is 2. The van der Waals surface area contributed by atoms with E-state index in [9.17, 15) is 9.59 Å². The van der Waals surface area contributed by atoms with Crippen molar-refractivity contribution in [2.75, 3.05) is 31.1 Å². The summed E-state index contributed by atoms with van der Waals surface area (Å²) in [6.07, 6.45) is 0.265. The van der Waals surface area contributed by atoms with E-state index in [0.717, 1.165) is 18.6 Å². The molecule has 3 aromatic rings. The number of benzene rings is 2. The van der Waals surface area contributed by atoms with E-state index in [1.54, 1.807) is 6.07 Å². The van der Waals surface area contributed by atoms with Gasteiger partial charge in [0.1, 0.15) is 0 Å². The molecule has 0 spiro atoms. The van der Waals surface area contributed by atoms with E-state index in [-0.39, 0.29) is 24.4 Å². The molecular weight excluding hydrogens is 372 g/mol. The molecule has 0 saturated carbocycles. The molecule has 1 saturated heterocycles. The molecule has 0 atom stereocenters. The Morgan fingerprint density at radius 3 is 2.39 bits per heavy atom. The van der Waals surface area contributed by atoms with Gasteiger partial charge in [-0.25, -0.2) is 0 Å². The van der Waals surface area contributed by atoms with Crippen molar-refractivity contribution in [2.24, 2.45) is 0 Å². The Balaban J connectivity index is 1.40. The third-order valence-corrected chi connectivity index (χ3v) is 5.51. The minimum Gasteiger partial charge on any atom is -0.368 e. The van der Waals surface area contributed by atoms with Crippen molar-refractivity contribution in [3.05, 3.63) is 69.7 Å². The highest BCUT2D eigenvalue weighted by Gasteiger charge is 2.21. The largest absolute Gasteiger partial charge is 0.368 e. The number of fused-ring (bicyclic) bond motifs is 1. The maximum atomic E-state index is 12.7. The smallest absolute Gasteiger partial charge is 0.262 e. The van der Waals surface area contributed by atoms with E-state index in [4.69, 9.17) is 12.2 Å². The lowest BCUT2D eigenvalue weighted by Gasteiger charge is -2.36. The highest BCUT2D eigenvalue weighted by atomic mass is 32.1. The van der Waals surface area contributed by atoms with Crippen LogP contribution in [0.1, 0.15) is 6.42 Å². The molecule has 0 radical (unpaired) electrons. The van der Waals surface area contributed by atoms with Crippen LogP contribution < -0.4 is 10.5 Å². The number of amides is 1. The maximum absolute atomic E-state index is 12.7. The van der Waals surface area contributed by atoms with Gasteiger partial charge in [-0.15, -0.1) is 0 Å². The number of rotatable bonds is 4. The molecule has 2 heterocycles. The molecule has 4 rings (SSSR count). The zero-order valence-electron chi connectivity index (χ0n) is 15.5. The van der Waals surface area contributed by atoms with Crippen molar-refractivity contribution in [1.82, 2.24) is 14.5 Å². The van der Waals surface area contributed by atoms with E-state index >= 15 is 0 Å². The van der Waals surface area contributed by atoms with E-state index < -0.39 is 0 Å². The Bertz CT molecular complexity index is 1100. The molecule has 1 fully saturated rings. The lowest BCUT2D eigenvalue weighted by molar-refractivity contribution is -0.131. The van der Waals surface area contributed by atoms with E-state index in [2.05, 4.69) is 22.0 Å². The van der Waals surface area contributed by atoms with Gasteiger partial charge in [-0.1, -0.05) is 30.3 Å². The number of H-pyrrole nitrogens is 1. The molecule has 0 bridgehead atoms. The molecule has 144 valence electrons. The Labute approximate surface area is 168 Å². The average molecular weight is 395 g/mol. The van der Waals surface area contributed by atoms with Crippen LogP contribution >= 0.6 is 12.2 Å². The number of hydrogen-bond acceptors (Lipinski definition) is 4. The quantitative estimate of drug-likeness (QED) is 0.692. The van der Waals surface area contributed by atoms with E-state index in [1.165, 1.54) is 10.3 Å². The average Bonchev–Trinajstić information content (AvgIpc) is 2.74. The van der Waals surface area contributed by atoms with Gasteiger partial charge in [-0.2, -0.15) is 0 Å². The van der Waals surface area contributed by atoms with Crippen LogP contribution in [-0.4, -0.2) is 46.5 Å². The van der Waals surface area contributed by atoms with Crippen LogP contribution in [-0.2, 0) is 11.3 Å². The minimum absolute atomic E-state index is 0.0576. The number of carbonyl (C=O) groups excluding carboxylic acids is 1. The predicted molar refractivity (Wildman–Crippen MR) is 113 cm³/mol. The van der Waals surface area contributed by atoms with Crippen molar-refractivity contribution in [3.8, 4) is 0 Å². The first-order valence-electron chi connectivity index (χ1n) is 9.43. The summed E-state index contributed by atoms with van der Waals surface area (Å²) in [5, 5.41) is 0.583. The van der Waals surface area contributed by atoms with Gasteiger partial charge in [0.25, 0.3) is 5.56 Å². The normalized spacial score (nSPS) is 14.4. The molecule has 1 amide bonds.